The lowest BCUT2D eigenvalue weighted by molar-refractivity contribution is 0.413. The van der Waals surface area contributed by atoms with Crippen molar-refractivity contribution in [1.29, 1.82) is 0 Å². The van der Waals surface area contributed by atoms with E-state index in [0.717, 1.165) is 11.5 Å². The molecule has 0 amide bonds. The van der Waals surface area contributed by atoms with Gasteiger partial charge in [0, 0.05) is 11.8 Å². The molecule has 2 rings (SSSR count). The van der Waals surface area contributed by atoms with Gasteiger partial charge in [-0.3, -0.25) is 0 Å². The van der Waals surface area contributed by atoms with Crippen LogP contribution in [-0.4, -0.2) is 19.9 Å². The van der Waals surface area contributed by atoms with Gasteiger partial charge in [-0.25, -0.2) is 0 Å². The van der Waals surface area contributed by atoms with Crippen LogP contribution in [0.4, 0.5) is 0 Å². The summed E-state index contributed by atoms with van der Waals surface area (Å²) in [6.45, 7) is 0. The van der Waals surface area contributed by atoms with E-state index in [4.69, 9.17) is 4.74 Å². The standard InChI is InChI=1S/C14H17NOS2/c1-15-13(10-18-14-7-4-8-17-14)11-5-3-6-12(9-11)16-2/h3-9,13,15H,10H2,1-2H3. The van der Waals surface area contributed by atoms with E-state index in [2.05, 4.69) is 35.0 Å². The molecule has 2 aromatic rings. The van der Waals surface area contributed by atoms with E-state index in [1.54, 1.807) is 18.4 Å². The minimum Gasteiger partial charge on any atom is -0.497 e. The Bertz CT molecular complexity index is 470. The van der Waals surface area contributed by atoms with E-state index < -0.39 is 0 Å². The second-order valence-electron chi connectivity index (χ2n) is 3.86. The van der Waals surface area contributed by atoms with Crippen LogP contribution in [0.3, 0.4) is 0 Å². The Morgan fingerprint density at radius 2 is 2.22 bits per heavy atom. The maximum Gasteiger partial charge on any atom is 0.119 e. The SMILES string of the molecule is CNC(CSc1cccs1)c1cccc(OC)c1. The minimum absolute atomic E-state index is 0.340. The second kappa shape index (κ2) is 6.83. The zero-order valence-electron chi connectivity index (χ0n) is 10.6. The average molecular weight is 279 g/mol. The Labute approximate surface area is 116 Å². The molecule has 2 nitrogen and oxygen atoms in total. The molecule has 0 saturated carbocycles. The van der Waals surface area contributed by atoms with Crippen molar-refractivity contribution in [2.24, 2.45) is 0 Å². The van der Waals surface area contributed by atoms with Crippen LogP contribution in [0.15, 0.2) is 46.0 Å². The summed E-state index contributed by atoms with van der Waals surface area (Å²) in [7, 11) is 3.70. The minimum atomic E-state index is 0.340. The molecule has 0 aliphatic carbocycles. The van der Waals surface area contributed by atoms with E-state index in [-0.39, 0.29) is 0 Å². The Morgan fingerprint density at radius 3 is 2.89 bits per heavy atom. The fraction of sp³-hybridized carbons (Fsp3) is 0.286. The van der Waals surface area contributed by atoms with Crippen molar-refractivity contribution in [3.8, 4) is 5.75 Å². The predicted octanol–water partition coefficient (Wildman–Crippen LogP) is 3.81. The van der Waals surface area contributed by atoms with Gasteiger partial charge in [-0.2, -0.15) is 0 Å². The van der Waals surface area contributed by atoms with E-state index in [0.29, 0.717) is 6.04 Å². The van der Waals surface area contributed by atoms with E-state index in [1.807, 2.05) is 30.9 Å². The molecule has 0 bridgehead atoms. The van der Waals surface area contributed by atoms with Crippen molar-refractivity contribution < 1.29 is 4.74 Å². The van der Waals surface area contributed by atoms with E-state index >= 15 is 0 Å². The number of benzene rings is 1. The van der Waals surface area contributed by atoms with Crippen molar-refractivity contribution in [2.45, 2.75) is 10.3 Å². The maximum absolute atomic E-state index is 5.27. The molecule has 0 saturated heterocycles. The largest absolute Gasteiger partial charge is 0.497 e. The lowest BCUT2D eigenvalue weighted by Gasteiger charge is -2.16. The molecule has 0 spiro atoms. The number of methoxy groups -OCH3 is 1. The molecule has 1 atom stereocenters. The van der Waals surface area contributed by atoms with Crippen LogP contribution in [0.1, 0.15) is 11.6 Å². The summed E-state index contributed by atoms with van der Waals surface area (Å²) in [5, 5.41) is 5.47. The zero-order valence-corrected chi connectivity index (χ0v) is 12.2. The summed E-state index contributed by atoms with van der Waals surface area (Å²) in [4.78, 5) is 0. The third-order valence-electron chi connectivity index (χ3n) is 2.73. The summed E-state index contributed by atoms with van der Waals surface area (Å²) in [6, 6.07) is 12.8. The van der Waals surface area contributed by atoms with Crippen molar-refractivity contribution in [3.63, 3.8) is 0 Å². The average Bonchev–Trinajstić information content (AvgIpc) is 2.93. The summed E-state index contributed by atoms with van der Waals surface area (Å²) < 4.78 is 6.63. The summed E-state index contributed by atoms with van der Waals surface area (Å²) in [5.74, 6) is 1.93. The zero-order chi connectivity index (χ0) is 12.8. The number of hydrogen-bond acceptors (Lipinski definition) is 4. The molecule has 0 aliphatic rings. The Balaban J connectivity index is 2.03. The monoisotopic (exact) mass is 279 g/mol. The van der Waals surface area contributed by atoms with Gasteiger partial charge in [0.25, 0.3) is 0 Å². The van der Waals surface area contributed by atoms with Crippen LogP contribution in [0.5, 0.6) is 5.75 Å². The molecule has 1 unspecified atom stereocenters. The lowest BCUT2D eigenvalue weighted by Crippen LogP contribution is -2.18. The fourth-order valence-electron chi connectivity index (χ4n) is 1.72. The smallest absolute Gasteiger partial charge is 0.119 e. The first kappa shape index (κ1) is 13.5. The van der Waals surface area contributed by atoms with Crippen LogP contribution in [0.25, 0.3) is 0 Å². The predicted molar refractivity (Wildman–Crippen MR) is 79.8 cm³/mol. The van der Waals surface area contributed by atoms with Gasteiger partial charge < -0.3 is 10.1 Å². The summed E-state index contributed by atoms with van der Waals surface area (Å²) in [6.07, 6.45) is 0. The molecule has 0 aliphatic heterocycles. The second-order valence-corrected chi connectivity index (χ2v) is 6.13. The maximum atomic E-state index is 5.27. The van der Waals surface area contributed by atoms with E-state index in [1.165, 1.54) is 9.77 Å². The lowest BCUT2D eigenvalue weighted by atomic mass is 10.1. The number of nitrogens with one attached hydrogen (secondary N) is 1. The highest BCUT2D eigenvalue weighted by molar-refractivity contribution is 8.01. The molecule has 18 heavy (non-hydrogen) atoms. The molecule has 96 valence electrons. The van der Waals surface area contributed by atoms with E-state index in [9.17, 15) is 0 Å². The van der Waals surface area contributed by atoms with Gasteiger partial charge in [-0.05, 0) is 36.2 Å². The fourth-order valence-corrected chi connectivity index (χ4v) is 3.67. The molecular weight excluding hydrogens is 262 g/mol. The van der Waals surface area contributed by atoms with Crippen molar-refractivity contribution >= 4 is 23.1 Å². The molecule has 1 heterocycles. The Morgan fingerprint density at radius 1 is 1.33 bits per heavy atom. The van der Waals surface area contributed by atoms with Crippen LogP contribution < -0.4 is 10.1 Å². The number of thioether (sulfide) groups is 1. The molecule has 1 N–H and O–H groups in total. The van der Waals surface area contributed by atoms with Gasteiger partial charge in [-0.15, -0.1) is 23.1 Å². The summed E-state index contributed by atoms with van der Waals surface area (Å²) in [5.41, 5.74) is 1.26. The number of rotatable bonds is 6. The quantitative estimate of drug-likeness (QED) is 0.813. The molecule has 4 heteroatoms. The Hall–Kier alpha value is -0.970. The van der Waals surface area contributed by atoms with Crippen molar-refractivity contribution in [2.75, 3.05) is 19.9 Å². The normalized spacial score (nSPS) is 12.3. The first-order chi connectivity index (χ1) is 8.83. The van der Waals surface area contributed by atoms with Crippen molar-refractivity contribution in [1.82, 2.24) is 5.32 Å². The van der Waals surface area contributed by atoms with Crippen molar-refractivity contribution in [3.05, 3.63) is 47.3 Å². The highest BCUT2D eigenvalue weighted by atomic mass is 32.2. The number of hydrogen-bond donors (Lipinski definition) is 1. The van der Waals surface area contributed by atoms with Gasteiger partial charge in [-0.1, -0.05) is 18.2 Å². The molecule has 0 fully saturated rings. The van der Waals surface area contributed by atoms with Crippen LogP contribution in [-0.2, 0) is 0 Å². The van der Waals surface area contributed by atoms with Gasteiger partial charge in [0.1, 0.15) is 5.75 Å². The summed E-state index contributed by atoms with van der Waals surface area (Å²) >= 11 is 3.67. The Kier molecular flexibility index (Phi) is 5.11. The van der Waals surface area contributed by atoms with Gasteiger partial charge >= 0.3 is 0 Å². The number of ether oxygens (including phenoxy) is 1. The first-order valence-electron chi connectivity index (χ1n) is 5.81. The topological polar surface area (TPSA) is 21.3 Å². The van der Waals surface area contributed by atoms with Gasteiger partial charge in [0.05, 0.1) is 11.3 Å². The highest BCUT2D eigenvalue weighted by Gasteiger charge is 2.10. The van der Waals surface area contributed by atoms with Crippen LogP contribution in [0, 0.1) is 0 Å². The molecular formula is C14H17NOS2. The third kappa shape index (κ3) is 3.51. The van der Waals surface area contributed by atoms with Gasteiger partial charge in [0.2, 0.25) is 0 Å². The third-order valence-corrected chi connectivity index (χ3v) is 4.96. The van der Waals surface area contributed by atoms with Crippen LogP contribution in [0.2, 0.25) is 0 Å². The molecule has 1 aromatic carbocycles. The first-order valence-corrected chi connectivity index (χ1v) is 7.67. The molecule has 0 radical (unpaired) electrons. The highest BCUT2D eigenvalue weighted by Crippen LogP contribution is 2.29. The van der Waals surface area contributed by atoms with Crippen LogP contribution >= 0.6 is 23.1 Å². The number of thiophene rings is 1. The molecule has 1 aromatic heterocycles. The van der Waals surface area contributed by atoms with Gasteiger partial charge in [0.15, 0.2) is 0 Å².